The molecule has 6 nitrogen and oxygen atoms in total. The zero-order valence-electron chi connectivity index (χ0n) is 24.8. The lowest BCUT2D eigenvalue weighted by atomic mass is 9.71. The van der Waals surface area contributed by atoms with Crippen LogP contribution in [0.25, 0.3) is 0 Å². The lowest BCUT2D eigenvalue weighted by Crippen LogP contribution is -2.45. The number of nitrogens with one attached hydrogen (secondary N) is 2. The highest BCUT2D eigenvalue weighted by atomic mass is 28.4. The molecule has 2 N–H and O–H groups in total. The molecule has 1 atom stereocenters. The van der Waals surface area contributed by atoms with Crippen LogP contribution in [0.1, 0.15) is 103 Å². The Morgan fingerprint density at radius 3 is 2.11 bits per heavy atom. The van der Waals surface area contributed by atoms with Gasteiger partial charge in [-0.1, -0.05) is 53.7 Å². The van der Waals surface area contributed by atoms with E-state index in [0.29, 0.717) is 30.2 Å². The Morgan fingerprint density at radius 2 is 1.59 bits per heavy atom. The zero-order valence-corrected chi connectivity index (χ0v) is 25.8. The molecule has 2 rings (SSSR count). The Bertz CT molecular complexity index is 863. The van der Waals surface area contributed by atoms with Crippen LogP contribution in [-0.4, -0.2) is 46.0 Å². The van der Waals surface area contributed by atoms with Crippen LogP contribution in [-0.2, 0) is 14.0 Å². The summed E-state index contributed by atoms with van der Waals surface area (Å²) >= 11 is 0. The minimum atomic E-state index is -1.90. The predicted octanol–water partition coefficient (Wildman–Crippen LogP) is 6.63. The van der Waals surface area contributed by atoms with E-state index >= 15 is 0 Å². The summed E-state index contributed by atoms with van der Waals surface area (Å²) in [5.74, 6) is 0.290. The average Bonchev–Trinajstić information content (AvgIpc) is 2.81. The number of amides is 1. The third-order valence-corrected chi connectivity index (χ3v) is 12.8. The van der Waals surface area contributed by atoms with Gasteiger partial charge in [-0.15, -0.1) is 0 Å². The minimum absolute atomic E-state index is 0.0752. The maximum absolute atomic E-state index is 12.6. The molecule has 0 radical (unpaired) electrons. The van der Waals surface area contributed by atoms with E-state index in [1.165, 1.54) is 25.7 Å². The van der Waals surface area contributed by atoms with Crippen molar-refractivity contribution >= 4 is 20.2 Å². The second-order valence-electron chi connectivity index (χ2n) is 13.1. The highest BCUT2D eigenvalue weighted by molar-refractivity contribution is 6.74. The molecule has 1 saturated carbocycles. The van der Waals surface area contributed by atoms with Gasteiger partial charge in [0.05, 0.1) is 25.7 Å². The Hall–Kier alpha value is -1.70. The third-order valence-electron chi connectivity index (χ3n) is 8.30. The predicted molar refractivity (Wildman–Crippen MR) is 154 cm³/mol. The molecule has 0 aliphatic heterocycles. The van der Waals surface area contributed by atoms with Crippen molar-refractivity contribution in [2.75, 3.05) is 19.8 Å². The molecule has 1 aliphatic rings. The highest BCUT2D eigenvalue weighted by Gasteiger charge is 2.38. The minimum Gasteiger partial charge on any atom is -0.466 e. The first kappa shape index (κ1) is 31.5. The number of esters is 1. The molecule has 1 unspecified atom stereocenters. The van der Waals surface area contributed by atoms with E-state index in [4.69, 9.17) is 9.16 Å². The summed E-state index contributed by atoms with van der Waals surface area (Å²) in [5.41, 5.74) is 2.09. The first-order valence-electron chi connectivity index (χ1n) is 14.1. The second kappa shape index (κ2) is 13.4. The molecule has 210 valence electrons. The molecule has 0 bridgehead atoms. The molecular formula is C30H52N2O4Si. The number of carbonyl (C=O) groups excluding carboxylic acids is 2. The molecule has 1 aromatic carbocycles. The summed E-state index contributed by atoms with van der Waals surface area (Å²) in [6.45, 7) is 21.5. The van der Waals surface area contributed by atoms with Crippen molar-refractivity contribution in [2.45, 2.75) is 111 Å². The summed E-state index contributed by atoms with van der Waals surface area (Å²) in [7, 11) is -1.90. The van der Waals surface area contributed by atoms with Gasteiger partial charge in [-0.3, -0.25) is 9.59 Å². The molecule has 0 heterocycles. The van der Waals surface area contributed by atoms with Gasteiger partial charge in [-0.05, 0) is 79.8 Å². The van der Waals surface area contributed by atoms with Crippen LogP contribution in [0.3, 0.4) is 0 Å². The molecule has 37 heavy (non-hydrogen) atoms. The van der Waals surface area contributed by atoms with Crippen molar-refractivity contribution in [2.24, 2.45) is 11.3 Å². The quantitative estimate of drug-likeness (QED) is 0.247. The van der Waals surface area contributed by atoms with Crippen LogP contribution >= 0.6 is 0 Å². The molecule has 7 heteroatoms. The van der Waals surface area contributed by atoms with Crippen LogP contribution in [0.2, 0.25) is 18.1 Å². The van der Waals surface area contributed by atoms with Gasteiger partial charge in [0.1, 0.15) is 0 Å². The fraction of sp³-hybridized carbons (Fsp3) is 0.733. The van der Waals surface area contributed by atoms with Crippen molar-refractivity contribution in [1.82, 2.24) is 10.6 Å². The first-order valence-corrected chi connectivity index (χ1v) is 17.0. The number of ether oxygens (including phenoxy) is 1. The fourth-order valence-electron chi connectivity index (χ4n) is 4.64. The number of hydrogen-bond acceptors (Lipinski definition) is 5. The smallest absolute Gasteiger partial charge is 0.307 e. The van der Waals surface area contributed by atoms with Gasteiger partial charge in [-0.25, -0.2) is 0 Å². The van der Waals surface area contributed by atoms with Crippen LogP contribution in [0, 0.1) is 11.3 Å². The van der Waals surface area contributed by atoms with E-state index < -0.39 is 8.32 Å². The van der Waals surface area contributed by atoms with E-state index in [0.717, 1.165) is 11.5 Å². The number of benzene rings is 1. The van der Waals surface area contributed by atoms with Crippen molar-refractivity contribution < 1.29 is 18.8 Å². The normalized spacial score (nSPS) is 19.8. The summed E-state index contributed by atoms with van der Waals surface area (Å²) in [5, 5.41) is 6.87. The summed E-state index contributed by atoms with van der Waals surface area (Å²) in [4.78, 5) is 24.1. The van der Waals surface area contributed by atoms with Crippen LogP contribution in [0.15, 0.2) is 24.3 Å². The standard InChI is InChI=1S/C30H52N2O4Si/c1-10-35-27(33)19-20-31-28(34)23-13-11-22(12-14-23)26(21-36-37(8,9)30(5,6)7)32-25-17-15-24(16-18-25)29(2,3)4/h11-14,24-26,32H,10,15-21H2,1-9H3,(H,31,34)/t24-,25-,26?. The summed E-state index contributed by atoms with van der Waals surface area (Å²) < 4.78 is 11.6. The largest absolute Gasteiger partial charge is 0.466 e. The lowest BCUT2D eigenvalue weighted by Gasteiger charge is -2.40. The maximum atomic E-state index is 12.6. The molecular weight excluding hydrogens is 480 g/mol. The Morgan fingerprint density at radius 1 is 1.00 bits per heavy atom. The molecule has 0 spiro atoms. The van der Waals surface area contributed by atoms with E-state index in [9.17, 15) is 9.59 Å². The van der Waals surface area contributed by atoms with Crippen molar-refractivity contribution in [3.8, 4) is 0 Å². The van der Waals surface area contributed by atoms with E-state index in [1.54, 1.807) is 6.92 Å². The summed E-state index contributed by atoms with van der Waals surface area (Å²) in [6, 6.07) is 8.35. The van der Waals surface area contributed by atoms with E-state index in [-0.39, 0.29) is 35.9 Å². The van der Waals surface area contributed by atoms with Gasteiger partial charge in [0.25, 0.3) is 5.91 Å². The Kier molecular flexibility index (Phi) is 11.4. The zero-order chi connectivity index (χ0) is 27.9. The number of hydrogen-bond donors (Lipinski definition) is 2. The van der Waals surface area contributed by atoms with Gasteiger partial charge in [0.2, 0.25) is 0 Å². The fourth-order valence-corrected chi connectivity index (χ4v) is 5.66. The van der Waals surface area contributed by atoms with Crippen molar-refractivity contribution in [3.05, 3.63) is 35.4 Å². The highest BCUT2D eigenvalue weighted by Crippen LogP contribution is 2.39. The Balaban J connectivity index is 2.08. The van der Waals surface area contributed by atoms with Crippen LogP contribution in [0.4, 0.5) is 0 Å². The summed E-state index contributed by atoms with van der Waals surface area (Å²) in [6.07, 6.45) is 5.04. The number of rotatable bonds is 11. The molecule has 0 aromatic heterocycles. The van der Waals surface area contributed by atoms with Gasteiger partial charge in [0.15, 0.2) is 8.32 Å². The Labute approximate surface area is 226 Å². The average molecular weight is 533 g/mol. The molecule has 0 saturated heterocycles. The van der Waals surface area contributed by atoms with Gasteiger partial charge in [0, 0.05) is 18.2 Å². The van der Waals surface area contributed by atoms with Gasteiger partial charge >= 0.3 is 5.97 Å². The third kappa shape index (κ3) is 9.84. The van der Waals surface area contributed by atoms with Crippen LogP contribution < -0.4 is 10.6 Å². The van der Waals surface area contributed by atoms with Crippen molar-refractivity contribution in [3.63, 3.8) is 0 Å². The molecule has 1 fully saturated rings. The molecule has 1 aromatic rings. The SMILES string of the molecule is CCOC(=O)CCNC(=O)c1ccc(C(CO[Si](C)(C)C(C)(C)C)N[C@H]2CC[C@H](C(C)(C)C)CC2)cc1. The molecule has 1 amide bonds. The van der Waals surface area contributed by atoms with Gasteiger partial charge in [-0.2, -0.15) is 0 Å². The molecule has 1 aliphatic carbocycles. The maximum Gasteiger partial charge on any atom is 0.307 e. The number of carbonyl (C=O) groups is 2. The van der Waals surface area contributed by atoms with Gasteiger partial charge < -0.3 is 19.8 Å². The van der Waals surface area contributed by atoms with Crippen LogP contribution in [0.5, 0.6) is 0 Å². The lowest BCUT2D eigenvalue weighted by molar-refractivity contribution is -0.142. The monoisotopic (exact) mass is 532 g/mol. The topological polar surface area (TPSA) is 76.7 Å². The first-order chi connectivity index (χ1) is 17.1. The van der Waals surface area contributed by atoms with E-state index in [1.807, 2.05) is 24.3 Å². The second-order valence-corrected chi connectivity index (χ2v) is 17.9. The van der Waals surface area contributed by atoms with E-state index in [2.05, 4.69) is 65.3 Å². The van der Waals surface area contributed by atoms with Crippen molar-refractivity contribution in [1.29, 1.82) is 0 Å².